The van der Waals surface area contributed by atoms with Crippen LogP contribution in [0.2, 0.25) is 0 Å². The largest absolute Gasteiger partial charge is 0.396 e. The molecule has 2 amide bonds. The molecule has 1 aromatic rings. The van der Waals surface area contributed by atoms with Gasteiger partial charge in [-0.3, -0.25) is 0 Å². The summed E-state index contributed by atoms with van der Waals surface area (Å²) in [6, 6.07) is 9.28. The van der Waals surface area contributed by atoms with Gasteiger partial charge in [-0.15, -0.1) is 0 Å². The molecule has 0 fully saturated rings. The molecule has 0 aromatic heterocycles. The number of carbonyl (C=O) groups is 1. The molecule has 1 aliphatic carbocycles. The highest BCUT2D eigenvalue weighted by atomic mass is 16.5. The fraction of sp³-hybridized carbons (Fsp3) is 0.438. The summed E-state index contributed by atoms with van der Waals surface area (Å²) < 4.78 is 5.17. The van der Waals surface area contributed by atoms with Crippen LogP contribution >= 0.6 is 0 Å². The Balaban J connectivity index is 1.89. The Morgan fingerprint density at radius 1 is 1.38 bits per heavy atom. The minimum atomic E-state index is -0.228. The lowest BCUT2D eigenvalue weighted by Gasteiger charge is -2.20. The highest BCUT2D eigenvalue weighted by Gasteiger charge is 2.21. The summed E-state index contributed by atoms with van der Waals surface area (Å²) in [6.45, 7) is 0.532. The number of ether oxygens (including phenoxy) is 1. The molecule has 0 aliphatic heterocycles. The van der Waals surface area contributed by atoms with E-state index in [4.69, 9.17) is 9.84 Å². The lowest BCUT2D eigenvalue weighted by atomic mass is 10.1. The first-order valence-corrected chi connectivity index (χ1v) is 7.13. The minimum Gasteiger partial charge on any atom is -0.396 e. The molecule has 0 radical (unpaired) electrons. The van der Waals surface area contributed by atoms with Crippen molar-refractivity contribution in [3.8, 4) is 0 Å². The number of hydrogen-bond donors (Lipinski definition) is 3. The summed E-state index contributed by atoms with van der Waals surface area (Å²) in [7, 11) is 1.61. The predicted molar refractivity (Wildman–Crippen MR) is 80.8 cm³/mol. The monoisotopic (exact) mass is 290 g/mol. The van der Waals surface area contributed by atoms with Gasteiger partial charge >= 0.3 is 6.03 Å². The summed E-state index contributed by atoms with van der Waals surface area (Å²) >= 11 is 0. The molecule has 0 bridgehead atoms. The molecular weight excluding hydrogens is 268 g/mol. The van der Waals surface area contributed by atoms with Crippen molar-refractivity contribution in [3.63, 3.8) is 0 Å². The number of carbonyl (C=O) groups excluding carboxylic acids is 1. The molecule has 3 N–H and O–H groups in total. The van der Waals surface area contributed by atoms with Gasteiger partial charge in [-0.2, -0.15) is 0 Å². The van der Waals surface area contributed by atoms with Crippen LogP contribution in [0.4, 0.5) is 4.79 Å². The van der Waals surface area contributed by atoms with Gasteiger partial charge in [0, 0.05) is 25.7 Å². The standard InChI is InChI=1S/C16H22N2O3/c1-21-11-15(13-5-3-2-4-6-13)18-16(20)17-14-8-7-12(9-14)10-19/h2-8,12,14-15,19H,9-11H2,1H3,(H2,17,18,20)/t12-,14+,15?/m0/s1. The van der Waals surface area contributed by atoms with Crippen molar-refractivity contribution in [2.75, 3.05) is 20.3 Å². The van der Waals surface area contributed by atoms with Gasteiger partial charge in [0.25, 0.3) is 0 Å². The molecule has 0 heterocycles. The molecule has 1 aromatic carbocycles. The molecule has 21 heavy (non-hydrogen) atoms. The minimum absolute atomic E-state index is 0.0267. The van der Waals surface area contributed by atoms with Gasteiger partial charge in [0.05, 0.1) is 12.6 Å². The second-order valence-corrected chi connectivity index (χ2v) is 5.21. The molecule has 0 spiro atoms. The predicted octanol–water partition coefficient (Wildman–Crippen LogP) is 1.61. The summed E-state index contributed by atoms with van der Waals surface area (Å²) in [5.74, 6) is 0.138. The van der Waals surface area contributed by atoms with Gasteiger partial charge in [-0.05, 0) is 12.0 Å². The summed E-state index contributed by atoms with van der Waals surface area (Å²) in [4.78, 5) is 12.1. The van der Waals surface area contributed by atoms with Crippen LogP contribution in [0.3, 0.4) is 0 Å². The van der Waals surface area contributed by atoms with E-state index in [2.05, 4.69) is 10.6 Å². The van der Waals surface area contributed by atoms with Crippen molar-refractivity contribution in [1.29, 1.82) is 0 Å². The highest BCUT2D eigenvalue weighted by molar-refractivity contribution is 5.75. The molecule has 0 saturated heterocycles. The van der Waals surface area contributed by atoms with Gasteiger partial charge in [0.15, 0.2) is 0 Å². The fourth-order valence-corrected chi connectivity index (χ4v) is 2.46. The first kappa shape index (κ1) is 15.5. The summed E-state index contributed by atoms with van der Waals surface area (Å²) in [5, 5.41) is 14.9. The number of aliphatic hydroxyl groups excluding tert-OH is 1. The normalized spacial score (nSPS) is 22.0. The topological polar surface area (TPSA) is 70.6 Å². The smallest absolute Gasteiger partial charge is 0.315 e. The van der Waals surface area contributed by atoms with Crippen molar-refractivity contribution in [2.45, 2.75) is 18.5 Å². The maximum Gasteiger partial charge on any atom is 0.315 e. The maximum atomic E-state index is 12.1. The van der Waals surface area contributed by atoms with Gasteiger partial charge < -0.3 is 20.5 Å². The zero-order valence-corrected chi connectivity index (χ0v) is 12.2. The number of methoxy groups -OCH3 is 1. The Kier molecular flexibility index (Phi) is 5.78. The summed E-state index contributed by atoms with van der Waals surface area (Å²) in [5.41, 5.74) is 1.00. The second-order valence-electron chi connectivity index (χ2n) is 5.21. The molecule has 5 heteroatoms. The Hall–Kier alpha value is -1.85. The zero-order valence-electron chi connectivity index (χ0n) is 12.2. The molecule has 3 atom stereocenters. The third-order valence-electron chi connectivity index (χ3n) is 3.56. The van der Waals surface area contributed by atoms with E-state index < -0.39 is 0 Å². The number of urea groups is 1. The average molecular weight is 290 g/mol. The van der Waals surface area contributed by atoms with E-state index in [0.717, 1.165) is 12.0 Å². The SMILES string of the molecule is COCC(NC(=O)N[C@@H]1C=C[C@H](CO)C1)c1ccccc1. The van der Waals surface area contributed by atoms with Gasteiger partial charge in [-0.1, -0.05) is 42.5 Å². The van der Waals surface area contributed by atoms with E-state index in [0.29, 0.717) is 6.61 Å². The molecule has 0 saturated carbocycles. The van der Waals surface area contributed by atoms with Crippen LogP contribution in [0.1, 0.15) is 18.0 Å². The van der Waals surface area contributed by atoms with Crippen molar-refractivity contribution in [3.05, 3.63) is 48.0 Å². The summed E-state index contributed by atoms with van der Waals surface area (Å²) in [6.07, 6.45) is 4.60. The van der Waals surface area contributed by atoms with E-state index in [1.807, 2.05) is 42.5 Å². The van der Waals surface area contributed by atoms with Crippen molar-refractivity contribution in [1.82, 2.24) is 10.6 Å². The zero-order chi connectivity index (χ0) is 15.1. The van der Waals surface area contributed by atoms with Crippen LogP contribution in [-0.4, -0.2) is 37.5 Å². The van der Waals surface area contributed by atoms with E-state index in [1.54, 1.807) is 7.11 Å². The molecule has 114 valence electrons. The molecule has 1 unspecified atom stereocenters. The first-order valence-electron chi connectivity index (χ1n) is 7.13. The van der Waals surface area contributed by atoms with Gasteiger partial charge in [0.2, 0.25) is 0 Å². The number of aliphatic hydroxyl groups is 1. The lowest BCUT2D eigenvalue weighted by Crippen LogP contribution is -2.43. The Bertz CT molecular complexity index is 476. The number of hydrogen-bond acceptors (Lipinski definition) is 3. The van der Waals surface area contributed by atoms with E-state index >= 15 is 0 Å². The number of nitrogens with one attached hydrogen (secondary N) is 2. The third-order valence-corrected chi connectivity index (χ3v) is 3.56. The van der Waals surface area contributed by atoms with Crippen LogP contribution in [0, 0.1) is 5.92 Å². The Morgan fingerprint density at radius 3 is 2.76 bits per heavy atom. The van der Waals surface area contributed by atoms with Crippen molar-refractivity contribution < 1.29 is 14.6 Å². The number of benzene rings is 1. The van der Waals surface area contributed by atoms with Crippen LogP contribution < -0.4 is 10.6 Å². The molecule has 2 rings (SSSR count). The number of amides is 2. The quantitative estimate of drug-likeness (QED) is 0.697. The molecule has 1 aliphatic rings. The van der Waals surface area contributed by atoms with E-state index in [9.17, 15) is 4.79 Å². The van der Waals surface area contributed by atoms with Crippen LogP contribution in [0.15, 0.2) is 42.5 Å². The third kappa shape index (κ3) is 4.58. The number of rotatable bonds is 6. The molecule has 5 nitrogen and oxygen atoms in total. The lowest BCUT2D eigenvalue weighted by molar-refractivity contribution is 0.165. The second kappa shape index (κ2) is 7.81. The maximum absolute atomic E-state index is 12.1. The van der Waals surface area contributed by atoms with E-state index in [1.165, 1.54) is 0 Å². The van der Waals surface area contributed by atoms with Crippen molar-refractivity contribution >= 4 is 6.03 Å². The van der Waals surface area contributed by atoms with Gasteiger partial charge in [-0.25, -0.2) is 4.79 Å². The fourth-order valence-electron chi connectivity index (χ4n) is 2.46. The van der Waals surface area contributed by atoms with Gasteiger partial charge in [0.1, 0.15) is 0 Å². The van der Waals surface area contributed by atoms with Crippen LogP contribution in [0.5, 0.6) is 0 Å². The average Bonchev–Trinajstić information content (AvgIpc) is 2.95. The Morgan fingerprint density at radius 2 is 2.14 bits per heavy atom. The van der Waals surface area contributed by atoms with E-state index in [-0.39, 0.29) is 30.6 Å². The highest BCUT2D eigenvalue weighted by Crippen LogP contribution is 2.17. The molecular formula is C16H22N2O3. The Labute approximate surface area is 125 Å². The van der Waals surface area contributed by atoms with Crippen LogP contribution in [-0.2, 0) is 4.74 Å². The first-order chi connectivity index (χ1) is 10.2. The van der Waals surface area contributed by atoms with Crippen molar-refractivity contribution in [2.24, 2.45) is 5.92 Å². The van der Waals surface area contributed by atoms with Crippen LogP contribution in [0.25, 0.3) is 0 Å².